The van der Waals surface area contributed by atoms with Crippen LogP contribution in [0.25, 0.3) is 15.9 Å². The summed E-state index contributed by atoms with van der Waals surface area (Å²) >= 11 is 0. The van der Waals surface area contributed by atoms with Crippen LogP contribution in [-0.4, -0.2) is 34.5 Å². The maximum Gasteiger partial charge on any atom is 0.242 e. The average Bonchev–Trinajstić information content (AvgIpc) is 2.97. The van der Waals surface area contributed by atoms with Gasteiger partial charge in [-0.25, -0.2) is 9.83 Å². The van der Waals surface area contributed by atoms with Crippen LogP contribution >= 0.6 is 0 Å². The van der Waals surface area contributed by atoms with Crippen LogP contribution < -0.4 is 4.74 Å². The van der Waals surface area contributed by atoms with Gasteiger partial charge in [0.1, 0.15) is 24.7 Å². The lowest BCUT2D eigenvalue weighted by atomic mass is 10.3. The lowest BCUT2D eigenvalue weighted by molar-refractivity contribution is -0.129. The van der Waals surface area contributed by atoms with Crippen molar-refractivity contribution in [2.75, 3.05) is 14.1 Å². The number of carbonyl (C=O) groups is 1. The summed E-state index contributed by atoms with van der Waals surface area (Å²) in [5.74, 6) is 1.35. The molecule has 6 heteroatoms. The molecule has 0 aliphatic heterocycles. The third-order valence-corrected chi connectivity index (χ3v) is 3.84. The fourth-order valence-electron chi connectivity index (χ4n) is 2.47. The van der Waals surface area contributed by atoms with Crippen molar-refractivity contribution in [1.29, 1.82) is 0 Å². The van der Waals surface area contributed by atoms with Gasteiger partial charge in [-0.3, -0.25) is 4.79 Å². The molecule has 0 aliphatic rings. The number of imidazole rings is 1. The van der Waals surface area contributed by atoms with E-state index in [9.17, 15) is 4.79 Å². The molecule has 0 unspecified atom stereocenters. The van der Waals surface area contributed by atoms with E-state index in [1.165, 1.54) is 0 Å². The van der Waals surface area contributed by atoms with Gasteiger partial charge in [0, 0.05) is 14.1 Å². The van der Waals surface area contributed by atoms with E-state index in [4.69, 9.17) is 11.3 Å². The minimum Gasteiger partial charge on any atom is -0.486 e. The molecule has 0 saturated carbocycles. The lowest BCUT2D eigenvalue weighted by Gasteiger charge is -2.14. The van der Waals surface area contributed by atoms with Crippen LogP contribution in [0.1, 0.15) is 5.82 Å². The van der Waals surface area contributed by atoms with Crippen molar-refractivity contribution < 1.29 is 9.53 Å². The van der Waals surface area contributed by atoms with E-state index in [1.54, 1.807) is 31.1 Å². The predicted octanol–water partition coefficient (Wildman–Crippen LogP) is 3.25. The smallest absolute Gasteiger partial charge is 0.242 e. The summed E-state index contributed by atoms with van der Waals surface area (Å²) in [7, 11) is 3.44. The van der Waals surface area contributed by atoms with Crippen molar-refractivity contribution in [2.45, 2.75) is 13.2 Å². The minimum absolute atomic E-state index is 0.0329. The molecule has 0 bridgehead atoms. The van der Waals surface area contributed by atoms with E-state index in [1.807, 2.05) is 41.0 Å². The third kappa shape index (κ3) is 3.61. The van der Waals surface area contributed by atoms with Gasteiger partial charge in [0.25, 0.3) is 0 Å². The molecule has 25 heavy (non-hydrogen) atoms. The zero-order valence-corrected chi connectivity index (χ0v) is 14.1. The molecule has 1 heterocycles. The van der Waals surface area contributed by atoms with E-state index >= 15 is 0 Å². The highest BCUT2D eigenvalue weighted by atomic mass is 16.5. The number of hydrogen-bond donors (Lipinski definition) is 0. The molecule has 0 aliphatic carbocycles. The largest absolute Gasteiger partial charge is 0.486 e. The van der Waals surface area contributed by atoms with Crippen LogP contribution in [0, 0.1) is 6.57 Å². The van der Waals surface area contributed by atoms with Crippen molar-refractivity contribution in [3.63, 3.8) is 0 Å². The van der Waals surface area contributed by atoms with Crippen molar-refractivity contribution in [3.8, 4) is 5.75 Å². The first kappa shape index (κ1) is 16.5. The number of para-hydroxylation sites is 1. The Kier molecular flexibility index (Phi) is 4.66. The Bertz CT molecular complexity index is 939. The summed E-state index contributed by atoms with van der Waals surface area (Å²) in [5.41, 5.74) is 2.02. The minimum atomic E-state index is -0.0329. The number of hydrogen-bond acceptors (Lipinski definition) is 3. The zero-order chi connectivity index (χ0) is 17.8. The third-order valence-electron chi connectivity index (χ3n) is 3.84. The van der Waals surface area contributed by atoms with Gasteiger partial charge in [-0.2, -0.15) is 0 Å². The standard InChI is InChI=1S/C19H18N4O2/c1-20-14-9-10-17-16(11-14)21-18(23(17)12-19(24)22(2)3)13-25-15-7-5-4-6-8-15/h4-11H,12-13H2,2-3H3. The zero-order valence-electron chi connectivity index (χ0n) is 14.1. The molecule has 126 valence electrons. The second-order valence-electron chi connectivity index (χ2n) is 5.79. The van der Waals surface area contributed by atoms with Gasteiger partial charge in [0.2, 0.25) is 5.91 Å². The van der Waals surface area contributed by atoms with Gasteiger partial charge in [-0.05, 0) is 24.3 Å². The predicted molar refractivity (Wildman–Crippen MR) is 95.5 cm³/mol. The van der Waals surface area contributed by atoms with Crippen LogP contribution in [0.15, 0.2) is 48.5 Å². The Balaban J connectivity index is 1.96. The Morgan fingerprint density at radius 3 is 2.68 bits per heavy atom. The molecular formula is C19H18N4O2. The lowest BCUT2D eigenvalue weighted by Crippen LogP contribution is -2.27. The Morgan fingerprint density at radius 2 is 2.00 bits per heavy atom. The van der Waals surface area contributed by atoms with Gasteiger partial charge < -0.3 is 14.2 Å². The highest BCUT2D eigenvalue weighted by Gasteiger charge is 2.15. The molecule has 0 radical (unpaired) electrons. The number of fused-ring (bicyclic) bond motifs is 1. The first-order valence-corrected chi connectivity index (χ1v) is 7.83. The van der Waals surface area contributed by atoms with Crippen LogP contribution in [-0.2, 0) is 17.9 Å². The van der Waals surface area contributed by atoms with Crippen LogP contribution in [0.3, 0.4) is 0 Å². The molecule has 3 aromatic rings. The first-order chi connectivity index (χ1) is 12.1. The number of rotatable bonds is 5. The SMILES string of the molecule is [C-]#[N+]c1ccc2c(c1)nc(COc1ccccc1)n2CC(=O)N(C)C. The average molecular weight is 334 g/mol. The number of likely N-dealkylation sites (N-methyl/N-ethyl adjacent to an activating group) is 1. The number of ether oxygens (including phenoxy) is 1. The Morgan fingerprint density at radius 1 is 1.24 bits per heavy atom. The molecule has 1 aromatic heterocycles. The number of benzene rings is 2. The molecular weight excluding hydrogens is 316 g/mol. The summed E-state index contributed by atoms with van der Waals surface area (Å²) < 4.78 is 7.63. The monoisotopic (exact) mass is 334 g/mol. The van der Waals surface area contributed by atoms with Gasteiger partial charge >= 0.3 is 0 Å². The molecule has 3 rings (SSSR count). The summed E-state index contributed by atoms with van der Waals surface area (Å²) in [5, 5.41) is 0. The van der Waals surface area contributed by atoms with Gasteiger partial charge in [-0.1, -0.05) is 24.3 Å². The van der Waals surface area contributed by atoms with Crippen molar-refractivity contribution in [3.05, 3.63) is 65.8 Å². The number of nitrogens with zero attached hydrogens (tertiary/aromatic N) is 4. The molecule has 0 spiro atoms. The fraction of sp³-hybridized carbons (Fsp3) is 0.211. The molecule has 2 aromatic carbocycles. The van der Waals surface area contributed by atoms with Crippen LogP contribution in [0.4, 0.5) is 5.69 Å². The summed E-state index contributed by atoms with van der Waals surface area (Å²) in [6, 6.07) is 14.7. The number of amides is 1. The molecule has 0 saturated heterocycles. The van der Waals surface area contributed by atoms with E-state index in [-0.39, 0.29) is 19.1 Å². The Labute approximate surface area is 146 Å². The van der Waals surface area contributed by atoms with Crippen LogP contribution in [0.2, 0.25) is 0 Å². The highest BCUT2D eigenvalue weighted by Crippen LogP contribution is 2.23. The van der Waals surface area contributed by atoms with Gasteiger partial charge in [0.05, 0.1) is 17.6 Å². The van der Waals surface area contributed by atoms with E-state index in [0.717, 1.165) is 11.3 Å². The van der Waals surface area contributed by atoms with Crippen molar-refractivity contribution >= 4 is 22.6 Å². The van der Waals surface area contributed by atoms with Gasteiger partial charge in [-0.15, -0.1) is 0 Å². The molecule has 0 fully saturated rings. The van der Waals surface area contributed by atoms with Gasteiger partial charge in [0.15, 0.2) is 5.69 Å². The fourth-order valence-corrected chi connectivity index (χ4v) is 2.47. The van der Waals surface area contributed by atoms with E-state index in [2.05, 4.69) is 9.83 Å². The second kappa shape index (κ2) is 7.05. The van der Waals surface area contributed by atoms with Crippen LogP contribution in [0.5, 0.6) is 5.75 Å². The first-order valence-electron chi connectivity index (χ1n) is 7.83. The molecule has 0 N–H and O–H groups in total. The summed E-state index contributed by atoms with van der Waals surface area (Å²) in [6.45, 7) is 7.56. The van der Waals surface area contributed by atoms with E-state index < -0.39 is 0 Å². The molecule has 6 nitrogen and oxygen atoms in total. The quantitative estimate of drug-likeness (QED) is 0.673. The number of aromatic nitrogens is 2. The van der Waals surface area contributed by atoms with E-state index in [0.29, 0.717) is 17.0 Å². The normalized spacial score (nSPS) is 10.4. The van der Waals surface area contributed by atoms with Crippen molar-refractivity contribution in [2.24, 2.45) is 0 Å². The maximum atomic E-state index is 12.2. The maximum absolute atomic E-state index is 12.2. The summed E-state index contributed by atoms with van der Waals surface area (Å²) in [6.07, 6.45) is 0. The summed E-state index contributed by atoms with van der Waals surface area (Å²) in [4.78, 5) is 21.7. The highest BCUT2D eigenvalue weighted by molar-refractivity contribution is 5.83. The van der Waals surface area contributed by atoms with Crippen molar-refractivity contribution in [1.82, 2.24) is 14.5 Å². The number of carbonyl (C=O) groups excluding carboxylic acids is 1. The molecule has 1 amide bonds. The topological polar surface area (TPSA) is 51.7 Å². The molecule has 0 atom stereocenters. The second-order valence-corrected chi connectivity index (χ2v) is 5.79. The Hall–Kier alpha value is -3.33.